The van der Waals surface area contributed by atoms with Crippen LogP contribution in [0.3, 0.4) is 0 Å². The molecular formula is C19H23FN3O2+. The first-order valence-corrected chi connectivity index (χ1v) is 8.10. The summed E-state index contributed by atoms with van der Waals surface area (Å²) in [6, 6.07) is 12.7. The van der Waals surface area contributed by atoms with Crippen molar-refractivity contribution >= 4 is 23.2 Å². The van der Waals surface area contributed by atoms with Gasteiger partial charge in [-0.25, -0.2) is 4.39 Å². The smallest absolute Gasteiger partial charge is 0.282 e. The number of benzene rings is 2. The summed E-state index contributed by atoms with van der Waals surface area (Å²) in [7, 11) is 1.78. The standard InChI is InChI=1S/C19H22FN3O2/c1-13-4-8-16(9-5-13)21-18(24)12-23(3)14(2)19(25)22-17-10-6-15(20)7-11-17/h4-11,14H,12H2,1-3H3,(H,21,24)(H,22,25)/p+1/t14-/m1/s1. The van der Waals surface area contributed by atoms with Gasteiger partial charge in [0.2, 0.25) is 0 Å². The summed E-state index contributed by atoms with van der Waals surface area (Å²) in [5.41, 5.74) is 2.37. The van der Waals surface area contributed by atoms with E-state index < -0.39 is 6.04 Å². The van der Waals surface area contributed by atoms with Crippen LogP contribution in [0.25, 0.3) is 0 Å². The Kier molecular flexibility index (Phi) is 6.25. The second-order valence-corrected chi connectivity index (χ2v) is 6.16. The summed E-state index contributed by atoms with van der Waals surface area (Å²) in [5.74, 6) is -0.753. The minimum Gasteiger partial charge on any atom is -0.321 e. The lowest BCUT2D eigenvalue weighted by Crippen LogP contribution is -3.14. The summed E-state index contributed by atoms with van der Waals surface area (Å²) >= 11 is 0. The molecule has 2 atom stereocenters. The molecular weight excluding hydrogens is 321 g/mol. The van der Waals surface area contributed by atoms with Gasteiger partial charge in [0.05, 0.1) is 7.05 Å². The molecule has 0 heterocycles. The number of nitrogens with one attached hydrogen (secondary N) is 3. The first-order chi connectivity index (χ1) is 11.8. The van der Waals surface area contributed by atoms with Crippen molar-refractivity contribution in [2.75, 3.05) is 24.2 Å². The minimum absolute atomic E-state index is 0.159. The highest BCUT2D eigenvalue weighted by atomic mass is 19.1. The van der Waals surface area contributed by atoms with E-state index in [-0.39, 0.29) is 24.2 Å². The Bertz CT molecular complexity index is 729. The van der Waals surface area contributed by atoms with E-state index in [1.165, 1.54) is 24.3 Å². The predicted molar refractivity (Wildman–Crippen MR) is 96.1 cm³/mol. The predicted octanol–water partition coefficient (Wildman–Crippen LogP) is 1.61. The van der Waals surface area contributed by atoms with Crippen molar-refractivity contribution in [3.05, 3.63) is 59.9 Å². The molecule has 0 bridgehead atoms. The van der Waals surface area contributed by atoms with Gasteiger partial charge in [0, 0.05) is 11.4 Å². The molecule has 0 spiro atoms. The lowest BCUT2D eigenvalue weighted by molar-refractivity contribution is -0.885. The van der Waals surface area contributed by atoms with Crippen LogP contribution in [0.5, 0.6) is 0 Å². The average Bonchev–Trinajstić information content (AvgIpc) is 2.58. The quantitative estimate of drug-likeness (QED) is 0.746. The molecule has 0 radical (unpaired) electrons. The van der Waals surface area contributed by atoms with Gasteiger partial charge in [0.1, 0.15) is 5.82 Å². The molecule has 0 aromatic heterocycles. The van der Waals surface area contributed by atoms with Crippen molar-refractivity contribution in [1.82, 2.24) is 0 Å². The van der Waals surface area contributed by atoms with Gasteiger partial charge >= 0.3 is 0 Å². The number of carbonyl (C=O) groups is 2. The SMILES string of the molecule is Cc1ccc(NC(=O)C[NH+](C)[C@H](C)C(=O)Nc2ccc(F)cc2)cc1. The van der Waals surface area contributed by atoms with Crippen LogP contribution < -0.4 is 15.5 Å². The van der Waals surface area contributed by atoms with Gasteiger partial charge < -0.3 is 15.5 Å². The van der Waals surface area contributed by atoms with Crippen LogP contribution in [-0.4, -0.2) is 31.4 Å². The molecule has 1 unspecified atom stereocenters. The normalized spacial score (nSPS) is 13.0. The third-order valence-corrected chi connectivity index (χ3v) is 4.02. The van der Waals surface area contributed by atoms with E-state index in [0.717, 1.165) is 16.2 Å². The second kappa shape index (κ2) is 8.39. The van der Waals surface area contributed by atoms with Crippen molar-refractivity contribution in [3.8, 4) is 0 Å². The molecule has 5 nitrogen and oxygen atoms in total. The van der Waals surface area contributed by atoms with Crippen molar-refractivity contribution in [2.45, 2.75) is 19.9 Å². The summed E-state index contributed by atoms with van der Waals surface area (Å²) in [5, 5.41) is 5.54. The molecule has 6 heteroatoms. The number of quaternary nitrogens is 1. The average molecular weight is 344 g/mol. The summed E-state index contributed by atoms with van der Waals surface area (Å²) in [6.07, 6.45) is 0. The van der Waals surface area contributed by atoms with Crippen LogP contribution in [0.1, 0.15) is 12.5 Å². The van der Waals surface area contributed by atoms with Crippen LogP contribution in [0.15, 0.2) is 48.5 Å². The van der Waals surface area contributed by atoms with Crippen molar-refractivity contribution in [1.29, 1.82) is 0 Å². The van der Waals surface area contributed by atoms with Gasteiger partial charge in [-0.2, -0.15) is 0 Å². The van der Waals surface area contributed by atoms with E-state index in [1.807, 2.05) is 31.2 Å². The van der Waals surface area contributed by atoms with Crippen LogP contribution in [0.4, 0.5) is 15.8 Å². The first-order valence-electron chi connectivity index (χ1n) is 8.10. The van der Waals surface area contributed by atoms with E-state index in [2.05, 4.69) is 10.6 Å². The maximum Gasteiger partial charge on any atom is 0.282 e. The number of halogens is 1. The van der Waals surface area contributed by atoms with Crippen molar-refractivity contribution < 1.29 is 18.9 Å². The molecule has 0 aliphatic carbocycles. The monoisotopic (exact) mass is 344 g/mol. The molecule has 0 aliphatic heterocycles. The first kappa shape index (κ1) is 18.6. The minimum atomic E-state index is -0.436. The Balaban J connectivity index is 1.86. The lowest BCUT2D eigenvalue weighted by Gasteiger charge is -2.20. The van der Waals surface area contributed by atoms with Gasteiger partial charge in [-0.05, 0) is 50.2 Å². The van der Waals surface area contributed by atoms with Crippen LogP contribution >= 0.6 is 0 Å². The highest BCUT2D eigenvalue weighted by Crippen LogP contribution is 2.09. The van der Waals surface area contributed by atoms with E-state index >= 15 is 0 Å². The van der Waals surface area contributed by atoms with Gasteiger partial charge in [-0.1, -0.05) is 17.7 Å². The van der Waals surface area contributed by atoms with E-state index in [1.54, 1.807) is 14.0 Å². The van der Waals surface area contributed by atoms with E-state index in [9.17, 15) is 14.0 Å². The second-order valence-electron chi connectivity index (χ2n) is 6.16. The number of likely N-dealkylation sites (N-methyl/N-ethyl adjacent to an activating group) is 1. The molecule has 0 fully saturated rings. The zero-order valence-electron chi connectivity index (χ0n) is 14.6. The number of aryl methyl sites for hydroxylation is 1. The highest BCUT2D eigenvalue weighted by molar-refractivity contribution is 5.94. The number of rotatable bonds is 6. The third kappa shape index (κ3) is 5.69. The largest absolute Gasteiger partial charge is 0.321 e. The van der Waals surface area contributed by atoms with Gasteiger partial charge in [0.25, 0.3) is 11.8 Å². The fourth-order valence-corrected chi connectivity index (χ4v) is 2.26. The Hall–Kier alpha value is -2.73. The Morgan fingerprint density at radius 1 is 1.00 bits per heavy atom. The highest BCUT2D eigenvalue weighted by Gasteiger charge is 2.24. The molecule has 2 rings (SSSR count). The molecule has 0 saturated heterocycles. The van der Waals surface area contributed by atoms with E-state index in [4.69, 9.17) is 0 Å². The topological polar surface area (TPSA) is 62.6 Å². The fraction of sp³-hybridized carbons (Fsp3) is 0.263. The zero-order chi connectivity index (χ0) is 18.4. The lowest BCUT2D eigenvalue weighted by atomic mass is 10.2. The van der Waals surface area contributed by atoms with Crippen LogP contribution in [0.2, 0.25) is 0 Å². The number of hydrogen-bond acceptors (Lipinski definition) is 2. The molecule has 0 saturated carbocycles. The van der Waals surface area contributed by atoms with Gasteiger partial charge in [-0.15, -0.1) is 0 Å². The van der Waals surface area contributed by atoms with E-state index in [0.29, 0.717) is 5.69 Å². The number of hydrogen-bond donors (Lipinski definition) is 3. The van der Waals surface area contributed by atoms with Crippen molar-refractivity contribution in [3.63, 3.8) is 0 Å². The van der Waals surface area contributed by atoms with Gasteiger partial charge in [-0.3, -0.25) is 9.59 Å². The Labute approximate surface area is 146 Å². The van der Waals surface area contributed by atoms with Crippen molar-refractivity contribution in [2.24, 2.45) is 0 Å². The molecule has 0 aliphatic rings. The molecule has 25 heavy (non-hydrogen) atoms. The van der Waals surface area contributed by atoms with Gasteiger partial charge in [0.15, 0.2) is 12.6 Å². The maximum atomic E-state index is 12.9. The Morgan fingerprint density at radius 3 is 2.12 bits per heavy atom. The molecule has 2 aromatic carbocycles. The number of carbonyl (C=O) groups excluding carboxylic acids is 2. The summed E-state index contributed by atoms with van der Waals surface area (Å²) in [6.45, 7) is 3.88. The Morgan fingerprint density at radius 2 is 1.52 bits per heavy atom. The third-order valence-electron chi connectivity index (χ3n) is 4.02. The van der Waals surface area contributed by atoms with Crippen LogP contribution in [-0.2, 0) is 9.59 Å². The van der Waals surface area contributed by atoms with Crippen LogP contribution in [0, 0.1) is 12.7 Å². The molecule has 2 amide bonds. The zero-order valence-corrected chi connectivity index (χ0v) is 14.6. The molecule has 3 N–H and O–H groups in total. The fourth-order valence-electron chi connectivity index (χ4n) is 2.26. The number of amides is 2. The molecule has 2 aromatic rings. The maximum absolute atomic E-state index is 12.9. The summed E-state index contributed by atoms with van der Waals surface area (Å²) < 4.78 is 12.9. The summed E-state index contributed by atoms with van der Waals surface area (Å²) in [4.78, 5) is 25.1. The molecule has 132 valence electrons. The number of anilines is 2.